The van der Waals surface area contributed by atoms with Crippen molar-refractivity contribution in [3.05, 3.63) is 0 Å². The van der Waals surface area contributed by atoms with E-state index in [0.29, 0.717) is 6.04 Å². The Balaban J connectivity index is 2.26. The first-order valence-electron chi connectivity index (χ1n) is 5.83. The van der Waals surface area contributed by atoms with E-state index in [-0.39, 0.29) is 6.03 Å². The zero-order chi connectivity index (χ0) is 10.4. The lowest BCUT2D eigenvalue weighted by atomic mass is 10.3. The molecule has 1 saturated carbocycles. The number of rotatable bonds is 6. The highest BCUT2D eigenvalue weighted by atomic mass is 16.2. The van der Waals surface area contributed by atoms with E-state index >= 15 is 0 Å². The Morgan fingerprint density at radius 1 is 1.29 bits per heavy atom. The van der Waals surface area contributed by atoms with Gasteiger partial charge in [0.1, 0.15) is 0 Å². The second-order valence-corrected chi connectivity index (χ2v) is 4.06. The number of hydrogen-bond acceptors (Lipinski definition) is 1. The van der Waals surface area contributed by atoms with Crippen molar-refractivity contribution in [2.24, 2.45) is 0 Å². The van der Waals surface area contributed by atoms with Gasteiger partial charge in [-0.1, -0.05) is 20.3 Å². The fourth-order valence-corrected chi connectivity index (χ4v) is 1.43. The summed E-state index contributed by atoms with van der Waals surface area (Å²) in [5, 5.41) is 3.03. The number of carbonyl (C=O) groups is 1. The van der Waals surface area contributed by atoms with Crippen LogP contribution in [0.1, 0.15) is 46.0 Å². The van der Waals surface area contributed by atoms with Crippen LogP contribution in [-0.4, -0.2) is 30.1 Å². The summed E-state index contributed by atoms with van der Waals surface area (Å²) in [7, 11) is 0. The minimum Gasteiger partial charge on any atom is -0.335 e. The van der Waals surface area contributed by atoms with Gasteiger partial charge in [0, 0.05) is 19.1 Å². The van der Waals surface area contributed by atoms with Crippen LogP contribution in [0, 0.1) is 0 Å². The molecular weight excluding hydrogens is 176 g/mol. The SMILES string of the molecule is CCCCN(CCC)C(=O)NC1CC1. The van der Waals surface area contributed by atoms with Crippen LogP contribution in [0.5, 0.6) is 0 Å². The van der Waals surface area contributed by atoms with Crippen LogP contribution in [-0.2, 0) is 0 Å². The first kappa shape index (κ1) is 11.3. The predicted octanol–water partition coefficient (Wildman–Crippen LogP) is 2.37. The lowest BCUT2D eigenvalue weighted by molar-refractivity contribution is 0.196. The Bertz CT molecular complexity index is 178. The summed E-state index contributed by atoms with van der Waals surface area (Å²) in [6, 6.07) is 0.617. The van der Waals surface area contributed by atoms with E-state index in [0.717, 1.165) is 32.4 Å². The van der Waals surface area contributed by atoms with Gasteiger partial charge in [0.15, 0.2) is 0 Å². The normalized spacial score (nSPS) is 15.3. The second-order valence-electron chi connectivity index (χ2n) is 4.06. The van der Waals surface area contributed by atoms with Gasteiger partial charge in [0.25, 0.3) is 0 Å². The average molecular weight is 198 g/mol. The lowest BCUT2D eigenvalue weighted by Crippen LogP contribution is -2.41. The standard InChI is InChI=1S/C11H22N2O/c1-3-5-9-13(8-4-2)11(14)12-10-6-7-10/h10H,3-9H2,1-2H3,(H,12,14). The number of amides is 2. The molecule has 1 N–H and O–H groups in total. The van der Waals surface area contributed by atoms with E-state index in [1.807, 2.05) is 4.90 Å². The van der Waals surface area contributed by atoms with Crippen molar-refractivity contribution in [1.82, 2.24) is 10.2 Å². The monoisotopic (exact) mass is 198 g/mol. The molecule has 3 nitrogen and oxygen atoms in total. The maximum atomic E-state index is 11.7. The van der Waals surface area contributed by atoms with Crippen LogP contribution in [0.4, 0.5) is 4.79 Å². The number of nitrogens with one attached hydrogen (secondary N) is 1. The molecule has 14 heavy (non-hydrogen) atoms. The summed E-state index contributed by atoms with van der Waals surface area (Å²) in [6.07, 6.45) is 5.63. The minimum atomic E-state index is 0.141. The molecule has 0 saturated heterocycles. The van der Waals surface area contributed by atoms with Crippen LogP contribution in [0.3, 0.4) is 0 Å². The van der Waals surface area contributed by atoms with Crippen molar-refractivity contribution >= 4 is 6.03 Å². The highest BCUT2D eigenvalue weighted by Gasteiger charge is 2.25. The molecule has 0 bridgehead atoms. The molecule has 1 aliphatic rings. The van der Waals surface area contributed by atoms with Gasteiger partial charge < -0.3 is 10.2 Å². The Labute approximate surface area is 86.9 Å². The van der Waals surface area contributed by atoms with E-state index < -0.39 is 0 Å². The molecule has 0 unspecified atom stereocenters. The fourth-order valence-electron chi connectivity index (χ4n) is 1.43. The van der Waals surface area contributed by atoms with E-state index in [2.05, 4.69) is 19.2 Å². The van der Waals surface area contributed by atoms with Gasteiger partial charge in [-0.3, -0.25) is 0 Å². The number of urea groups is 1. The van der Waals surface area contributed by atoms with Gasteiger partial charge in [-0.2, -0.15) is 0 Å². The Hall–Kier alpha value is -0.730. The molecule has 1 aliphatic carbocycles. The van der Waals surface area contributed by atoms with Gasteiger partial charge in [-0.15, -0.1) is 0 Å². The lowest BCUT2D eigenvalue weighted by Gasteiger charge is -2.22. The quantitative estimate of drug-likeness (QED) is 0.698. The second kappa shape index (κ2) is 5.89. The number of unbranched alkanes of at least 4 members (excludes halogenated alkanes) is 1. The number of carbonyl (C=O) groups excluding carboxylic acids is 1. The van der Waals surface area contributed by atoms with Crippen molar-refractivity contribution < 1.29 is 4.79 Å². The van der Waals surface area contributed by atoms with Crippen LogP contribution in [0.15, 0.2) is 0 Å². The highest BCUT2D eigenvalue weighted by Crippen LogP contribution is 2.19. The molecule has 1 rings (SSSR count). The average Bonchev–Trinajstić information content (AvgIpc) is 2.95. The maximum Gasteiger partial charge on any atom is 0.317 e. The molecule has 1 fully saturated rings. The largest absolute Gasteiger partial charge is 0.335 e. The molecule has 82 valence electrons. The molecule has 0 aromatic carbocycles. The van der Waals surface area contributed by atoms with E-state index in [1.165, 1.54) is 12.8 Å². The van der Waals surface area contributed by atoms with Crippen molar-refractivity contribution in [2.75, 3.05) is 13.1 Å². The van der Waals surface area contributed by atoms with Crippen molar-refractivity contribution in [3.8, 4) is 0 Å². The molecule has 0 aromatic rings. The van der Waals surface area contributed by atoms with Gasteiger partial charge >= 0.3 is 6.03 Å². The van der Waals surface area contributed by atoms with Crippen molar-refractivity contribution in [2.45, 2.75) is 52.0 Å². The van der Waals surface area contributed by atoms with Crippen LogP contribution < -0.4 is 5.32 Å². The van der Waals surface area contributed by atoms with E-state index in [1.54, 1.807) is 0 Å². The van der Waals surface area contributed by atoms with Crippen LogP contribution >= 0.6 is 0 Å². The Kier molecular flexibility index (Phi) is 4.77. The molecule has 3 heteroatoms. The Morgan fingerprint density at radius 2 is 2.00 bits per heavy atom. The summed E-state index contributed by atoms with van der Waals surface area (Å²) >= 11 is 0. The summed E-state index contributed by atoms with van der Waals surface area (Å²) in [5.41, 5.74) is 0. The molecule has 0 spiro atoms. The molecule has 0 radical (unpaired) electrons. The zero-order valence-electron chi connectivity index (χ0n) is 9.38. The molecule has 2 amide bonds. The Morgan fingerprint density at radius 3 is 2.50 bits per heavy atom. The van der Waals surface area contributed by atoms with E-state index in [4.69, 9.17) is 0 Å². The number of hydrogen-bond donors (Lipinski definition) is 1. The predicted molar refractivity (Wildman–Crippen MR) is 58.3 cm³/mol. The van der Waals surface area contributed by atoms with Gasteiger partial charge in [0.2, 0.25) is 0 Å². The molecule has 0 aromatic heterocycles. The zero-order valence-corrected chi connectivity index (χ0v) is 9.38. The third kappa shape index (κ3) is 3.99. The maximum absolute atomic E-state index is 11.7. The fraction of sp³-hybridized carbons (Fsp3) is 0.909. The smallest absolute Gasteiger partial charge is 0.317 e. The van der Waals surface area contributed by atoms with Gasteiger partial charge in [-0.25, -0.2) is 4.79 Å². The van der Waals surface area contributed by atoms with Crippen LogP contribution in [0.2, 0.25) is 0 Å². The first-order chi connectivity index (χ1) is 6.77. The van der Waals surface area contributed by atoms with Gasteiger partial charge in [0.05, 0.1) is 0 Å². The van der Waals surface area contributed by atoms with E-state index in [9.17, 15) is 4.79 Å². The third-order valence-electron chi connectivity index (χ3n) is 2.47. The minimum absolute atomic E-state index is 0.141. The summed E-state index contributed by atoms with van der Waals surface area (Å²) < 4.78 is 0. The summed E-state index contributed by atoms with van der Waals surface area (Å²) in [6.45, 7) is 6.06. The molecule has 0 heterocycles. The van der Waals surface area contributed by atoms with Crippen molar-refractivity contribution in [1.29, 1.82) is 0 Å². The molecular formula is C11H22N2O. The summed E-state index contributed by atoms with van der Waals surface area (Å²) in [5.74, 6) is 0. The van der Waals surface area contributed by atoms with Gasteiger partial charge in [-0.05, 0) is 25.7 Å². The van der Waals surface area contributed by atoms with Crippen LogP contribution in [0.25, 0.3) is 0 Å². The summed E-state index contributed by atoms with van der Waals surface area (Å²) in [4.78, 5) is 13.7. The first-order valence-corrected chi connectivity index (χ1v) is 5.83. The molecule has 0 atom stereocenters. The number of nitrogens with zero attached hydrogens (tertiary/aromatic N) is 1. The third-order valence-corrected chi connectivity index (χ3v) is 2.47. The topological polar surface area (TPSA) is 32.3 Å². The molecule has 0 aliphatic heterocycles. The highest BCUT2D eigenvalue weighted by molar-refractivity contribution is 5.74. The van der Waals surface area contributed by atoms with Crippen molar-refractivity contribution in [3.63, 3.8) is 0 Å².